The zero-order chi connectivity index (χ0) is 15.1. The van der Waals surface area contributed by atoms with Crippen molar-refractivity contribution in [3.63, 3.8) is 0 Å². The summed E-state index contributed by atoms with van der Waals surface area (Å²) in [6.07, 6.45) is 0.692. The number of urea groups is 1. The van der Waals surface area contributed by atoms with Gasteiger partial charge in [-0.15, -0.1) is 0 Å². The third-order valence-electron chi connectivity index (χ3n) is 2.72. The number of carboxylic acids is 1. The first-order chi connectivity index (χ1) is 10.1. The van der Waals surface area contributed by atoms with E-state index in [1.165, 1.54) is 0 Å². The summed E-state index contributed by atoms with van der Waals surface area (Å²) in [5, 5.41) is 16.3. The van der Waals surface area contributed by atoms with Gasteiger partial charge in [-0.1, -0.05) is 12.1 Å². The molecule has 2 amide bonds. The summed E-state index contributed by atoms with van der Waals surface area (Å²) in [7, 11) is 0. The summed E-state index contributed by atoms with van der Waals surface area (Å²) in [6, 6.07) is 7.24. The minimum Gasteiger partial charge on any atom is -0.480 e. The molecule has 112 valence electrons. The van der Waals surface area contributed by atoms with Crippen molar-refractivity contribution in [1.82, 2.24) is 20.6 Å². The van der Waals surface area contributed by atoms with E-state index in [4.69, 9.17) is 5.11 Å². The fourth-order valence-electron chi connectivity index (χ4n) is 1.75. The molecular weight excluding hydrogens is 274 g/mol. The van der Waals surface area contributed by atoms with Gasteiger partial charge in [0, 0.05) is 13.1 Å². The molecule has 8 heteroatoms. The van der Waals surface area contributed by atoms with Gasteiger partial charge in [0.25, 0.3) is 0 Å². The third-order valence-corrected chi connectivity index (χ3v) is 2.72. The predicted molar refractivity (Wildman–Crippen MR) is 78.2 cm³/mol. The summed E-state index contributed by atoms with van der Waals surface area (Å²) in [4.78, 5) is 28.9. The standard InChI is InChI=1S/C13H17N5O3/c19-11(20)8-16-13(21)15-7-3-6-14-12-17-9-4-1-2-5-10(9)18-12/h1-2,4-5H,3,6-8H2,(H,19,20)(H2,14,17,18)(H2,15,16,21). The number of aliphatic carboxylic acids is 1. The van der Waals surface area contributed by atoms with Gasteiger partial charge in [0.05, 0.1) is 11.0 Å². The Balaban J connectivity index is 1.63. The number of H-pyrrole nitrogens is 1. The number of hydrogen-bond acceptors (Lipinski definition) is 4. The van der Waals surface area contributed by atoms with Crippen LogP contribution in [0.5, 0.6) is 0 Å². The van der Waals surface area contributed by atoms with Gasteiger partial charge in [0.15, 0.2) is 0 Å². The molecule has 0 aliphatic rings. The average molecular weight is 291 g/mol. The van der Waals surface area contributed by atoms with Gasteiger partial charge >= 0.3 is 12.0 Å². The van der Waals surface area contributed by atoms with Crippen molar-refractivity contribution in [2.75, 3.05) is 25.0 Å². The summed E-state index contributed by atoms with van der Waals surface area (Å²) in [5.74, 6) is -0.386. The first kappa shape index (κ1) is 14.6. The van der Waals surface area contributed by atoms with E-state index in [1.54, 1.807) is 0 Å². The Morgan fingerprint density at radius 3 is 2.76 bits per heavy atom. The number of aromatic amines is 1. The highest BCUT2D eigenvalue weighted by molar-refractivity contribution is 5.79. The summed E-state index contributed by atoms with van der Waals surface area (Å²) in [6.45, 7) is 0.695. The number of carbonyl (C=O) groups excluding carboxylic acids is 1. The Morgan fingerprint density at radius 1 is 1.19 bits per heavy atom. The van der Waals surface area contributed by atoms with Gasteiger partial charge in [-0.3, -0.25) is 4.79 Å². The lowest BCUT2D eigenvalue weighted by Crippen LogP contribution is -2.39. The number of fused-ring (bicyclic) bond motifs is 1. The molecule has 8 nitrogen and oxygen atoms in total. The number of amides is 2. The number of nitrogens with zero attached hydrogens (tertiary/aromatic N) is 1. The van der Waals surface area contributed by atoms with Crippen LogP contribution in [-0.4, -0.2) is 46.7 Å². The normalized spacial score (nSPS) is 10.3. The maximum absolute atomic E-state index is 11.2. The zero-order valence-electron chi connectivity index (χ0n) is 11.3. The Morgan fingerprint density at radius 2 is 2.00 bits per heavy atom. The monoisotopic (exact) mass is 291 g/mol. The van der Waals surface area contributed by atoms with Crippen molar-refractivity contribution >= 4 is 29.0 Å². The van der Waals surface area contributed by atoms with Gasteiger partial charge in [-0.05, 0) is 18.6 Å². The van der Waals surface area contributed by atoms with Gasteiger partial charge in [-0.25, -0.2) is 9.78 Å². The van der Waals surface area contributed by atoms with Crippen molar-refractivity contribution in [2.45, 2.75) is 6.42 Å². The molecule has 0 saturated carbocycles. The van der Waals surface area contributed by atoms with Gasteiger partial charge < -0.3 is 26.0 Å². The number of carbonyl (C=O) groups is 2. The Labute approximate surface area is 120 Å². The largest absolute Gasteiger partial charge is 0.480 e. The van der Waals surface area contributed by atoms with Gasteiger partial charge in [0.2, 0.25) is 5.95 Å². The lowest BCUT2D eigenvalue weighted by Gasteiger charge is -2.06. The second-order valence-electron chi connectivity index (χ2n) is 4.39. The van der Waals surface area contributed by atoms with Crippen LogP contribution < -0.4 is 16.0 Å². The van der Waals surface area contributed by atoms with E-state index in [2.05, 4.69) is 25.9 Å². The molecule has 0 aliphatic carbocycles. The molecule has 0 fully saturated rings. The van der Waals surface area contributed by atoms with Crippen LogP contribution in [0.3, 0.4) is 0 Å². The van der Waals surface area contributed by atoms with E-state index >= 15 is 0 Å². The van der Waals surface area contributed by atoms with Crippen molar-refractivity contribution in [2.24, 2.45) is 0 Å². The Hall–Kier alpha value is -2.77. The molecule has 1 aromatic heterocycles. The summed E-state index contributed by atoms with van der Waals surface area (Å²) in [5.41, 5.74) is 1.86. The number of anilines is 1. The Kier molecular flexibility index (Phi) is 4.97. The van der Waals surface area contributed by atoms with Crippen molar-refractivity contribution in [3.8, 4) is 0 Å². The molecule has 2 aromatic rings. The van der Waals surface area contributed by atoms with E-state index in [1.807, 2.05) is 24.3 Å². The van der Waals surface area contributed by atoms with Crippen LogP contribution in [0.15, 0.2) is 24.3 Å². The molecule has 0 bridgehead atoms. The van der Waals surface area contributed by atoms with Crippen molar-refractivity contribution in [1.29, 1.82) is 0 Å². The fraction of sp³-hybridized carbons (Fsp3) is 0.308. The molecule has 0 aliphatic heterocycles. The number of imidazole rings is 1. The van der Waals surface area contributed by atoms with Crippen LogP contribution in [0.25, 0.3) is 11.0 Å². The minimum atomic E-state index is -1.07. The first-order valence-corrected chi connectivity index (χ1v) is 6.57. The Bertz CT molecular complexity index is 592. The molecule has 0 unspecified atom stereocenters. The highest BCUT2D eigenvalue weighted by Gasteiger charge is 2.03. The van der Waals surface area contributed by atoms with E-state index in [0.717, 1.165) is 11.0 Å². The molecule has 5 N–H and O–H groups in total. The highest BCUT2D eigenvalue weighted by atomic mass is 16.4. The van der Waals surface area contributed by atoms with E-state index in [0.29, 0.717) is 25.5 Å². The number of hydrogen-bond donors (Lipinski definition) is 5. The van der Waals surface area contributed by atoms with Gasteiger partial charge in [0.1, 0.15) is 6.54 Å². The van der Waals surface area contributed by atoms with E-state index in [9.17, 15) is 9.59 Å². The third kappa shape index (κ3) is 4.68. The second-order valence-corrected chi connectivity index (χ2v) is 4.39. The fourth-order valence-corrected chi connectivity index (χ4v) is 1.75. The van der Waals surface area contributed by atoms with E-state index in [-0.39, 0.29) is 6.54 Å². The average Bonchev–Trinajstić information content (AvgIpc) is 2.87. The van der Waals surface area contributed by atoms with Crippen LogP contribution in [0.4, 0.5) is 10.7 Å². The lowest BCUT2D eigenvalue weighted by atomic mass is 10.3. The van der Waals surface area contributed by atoms with Crippen LogP contribution in [0, 0.1) is 0 Å². The lowest BCUT2D eigenvalue weighted by molar-refractivity contribution is -0.135. The molecule has 0 saturated heterocycles. The molecule has 0 atom stereocenters. The summed E-state index contributed by atoms with van der Waals surface area (Å²) >= 11 is 0. The van der Waals surface area contributed by atoms with E-state index < -0.39 is 12.0 Å². The SMILES string of the molecule is O=C(O)CNC(=O)NCCCNc1nc2ccccc2[nH]1. The molecule has 21 heavy (non-hydrogen) atoms. The number of para-hydroxylation sites is 2. The maximum atomic E-state index is 11.2. The number of nitrogens with one attached hydrogen (secondary N) is 4. The predicted octanol–water partition coefficient (Wildman–Crippen LogP) is 0.749. The van der Waals surface area contributed by atoms with Crippen LogP contribution in [-0.2, 0) is 4.79 Å². The van der Waals surface area contributed by atoms with Crippen molar-refractivity contribution < 1.29 is 14.7 Å². The van der Waals surface area contributed by atoms with Gasteiger partial charge in [-0.2, -0.15) is 0 Å². The first-order valence-electron chi connectivity index (χ1n) is 6.57. The van der Waals surface area contributed by atoms with Crippen molar-refractivity contribution in [3.05, 3.63) is 24.3 Å². The molecule has 0 spiro atoms. The molecule has 1 aromatic carbocycles. The quantitative estimate of drug-likeness (QED) is 0.482. The number of carboxylic acid groups (broad SMARTS) is 1. The molecular formula is C13H17N5O3. The molecule has 1 heterocycles. The van der Waals surface area contributed by atoms with Crippen LogP contribution >= 0.6 is 0 Å². The number of rotatable bonds is 7. The zero-order valence-corrected chi connectivity index (χ0v) is 11.3. The molecule has 2 rings (SSSR count). The highest BCUT2D eigenvalue weighted by Crippen LogP contribution is 2.12. The second kappa shape index (κ2) is 7.13. The number of aromatic nitrogens is 2. The topological polar surface area (TPSA) is 119 Å². The number of benzene rings is 1. The summed E-state index contributed by atoms with van der Waals surface area (Å²) < 4.78 is 0. The smallest absolute Gasteiger partial charge is 0.323 e. The minimum absolute atomic E-state index is 0.386. The maximum Gasteiger partial charge on any atom is 0.323 e. The van der Waals surface area contributed by atoms with Crippen LogP contribution in [0.1, 0.15) is 6.42 Å². The van der Waals surface area contributed by atoms with Crippen LogP contribution in [0.2, 0.25) is 0 Å². The molecule has 0 radical (unpaired) electrons.